The molecule has 3 aromatic rings. The number of amides is 1. The number of carbonyl (C=O) groups excluding carboxylic acids is 1. The summed E-state index contributed by atoms with van der Waals surface area (Å²) in [5, 5.41) is 13.3. The lowest BCUT2D eigenvalue weighted by atomic mass is 10.0. The second-order valence-corrected chi connectivity index (χ2v) is 11.9. The number of nitrogens with zero attached hydrogens (tertiary/aromatic N) is 3. The predicted octanol–water partition coefficient (Wildman–Crippen LogP) is 3.59. The topological polar surface area (TPSA) is 113 Å². The Morgan fingerprint density at radius 2 is 2.03 bits per heavy atom. The maximum atomic E-state index is 12.9. The summed E-state index contributed by atoms with van der Waals surface area (Å²) in [7, 11) is -3.67. The molecule has 2 N–H and O–H groups in total. The van der Waals surface area contributed by atoms with E-state index in [1.807, 2.05) is 25.3 Å². The fourth-order valence-electron chi connectivity index (χ4n) is 2.90. The quantitative estimate of drug-likeness (QED) is 0.384. The van der Waals surface area contributed by atoms with Crippen LogP contribution in [0.3, 0.4) is 0 Å². The molecule has 0 fully saturated rings. The van der Waals surface area contributed by atoms with Gasteiger partial charge < -0.3 is 0 Å². The molecule has 1 atom stereocenters. The molecule has 0 spiro atoms. The van der Waals surface area contributed by atoms with Crippen molar-refractivity contribution < 1.29 is 13.2 Å². The van der Waals surface area contributed by atoms with E-state index in [0.29, 0.717) is 10.7 Å². The Morgan fingerprint density at radius 3 is 2.77 bits per heavy atom. The van der Waals surface area contributed by atoms with E-state index in [9.17, 15) is 13.2 Å². The monoisotopic (exact) mass is 493 g/mol. The van der Waals surface area contributed by atoms with Gasteiger partial charge in [0.05, 0.1) is 4.90 Å². The lowest BCUT2D eigenvalue weighted by Crippen LogP contribution is -2.34. The van der Waals surface area contributed by atoms with Crippen molar-refractivity contribution in [1.29, 1.82) is 0 Å². The molecule has 0 radical (unpaired) electrons. The first-order chi connectivity index (χ1) is 14.8. The molecule has 1 aliphatic rings. The fourth-order valence-corrected chi connectivity index (χ4v) is 6.67. The average Bonchev–Trinajstić information content (AvgIpc) is 3.45. The zero-order chi connectivity index (χ0) is 22.0. The van der Waals surface area contributed by atoms with Crippen LogP contribution in [0.4, 0.5) is 5.13 Å². The van der Waals surface area contributed by atoms with E-state index in [-0.39, 0.29) is 22.6 Å². The molecule has 0 saturated carbocycles. The number of aromatic nitrogens is 2. The summed E-state index contributed by atoms with van der Waals surface area (Å²) in [6.45, 7) is 3.71. The highest BCUT2D eigenvalue weighted by molar-refractivity contribution is 8.00. The summed E-state index contributed by atoms with van der Waals surface area (Å²) in [6.07, 6.45) is 0. The molecule has 0 aliphatic carbocycles. The fraction of sp³-hybridized carbons (Fsp3) is 0.263. The maximum Gasteiger partial charge on any atom is 0.263 e. The van der Waals surface area contributed by atoms with Crippen LogP contribution in [0.1, 0.15) is 24.3 Å². The maximum absolute atomic E-state index is 12.9. The molecule has 0 bridgehead atoms. The van der Waals surface area contributed by atoms with Gasteiger partial charge in [0.1, 0.15) is 11.9 Å². The first-order valence-electron chi connectivity index (χ1n) is 9.33. The number of amidine groups is 1. The molecule has 12 heteroatoms. The summed E-state index contributed by atoms with van der Waals surface area (Å²) >= 11 is 4.53. The van der Waals surface area contributed by atoms with Crippen LogP contribution in [0.2, 0.25) is 0 Å². The van der Waals surface area contributed by atoms with Crippen LogP contribution < -0.4 is 10.0 Å². The molecule has 2 aromatic heterocycles. The Balaban J connectivity index is 1.48. The molecule has 3 heterocycles. The molecule has 4 rings (SSSR count). The van der Waals surface area contributed by atoms with Crippen molar-refractivity contribution in [2.75, 3.05) is 5.32 Å². The van der Waals surface area contributed by atoms with Crippen LogP contribution in [-0.4, -0.2) is 36.4 Å². The van der Waals surface area contributed by atoms with Crippen LogP contribution in [-0.2, 0) is 20.6 Å². The van der Waals surface area contributed by atoms with E-state index in [4.69, 9.17) is 0 Å². The van der Waals surface area contributed by atoms with Crippen LogP contribution >= 0.6 is 34.4 Å². The largest absolute Gasteiger partial charge is 0.299 e. The Kier molecular flexibility index (Phi) is 6.42. The number of thioether (sulfide) groups is 1. The molecule has 1 aromatic carbocycles. The third-order valence-electron chi connectivity index (χ3n) is 4.39. The van der Waals surface area contributed by atoms with E-state index < -0.39 is 16.1 Å². The van der Waals surface area contributed by atoms with Gasteiger partial charge in [0.15, 0.2) is 4.34 Å². The van der Waals surface area contributed by atoms with Gasteiger partial charge in [-0.2, -0.15) is 0 Å². The van der Waals surface area contributed by atoms with Gasteiger partial charge in [-0.1, -0.05) is 55.1 Å². The van der Waals surface area contributed by atoms with Crippen LogP contribution in [0.5, 0.6) is 0 Å². The second-order valence-electron chi connectivity index (χ2n) is 7.00. The second kappa shape index (κ2) is 9.07. The van der Waals surface area contributed by atoms with E-state index in [2.05, 4.69) is 31.3 Å². The zero-order valence-electron chi connectivity index (χ0n) is 16.6. The van der Waals surface area contributed by atoms with Crippen LogP contribution in [0.15, 0.2) is 56.0 Å². The van der Waals surface area contributed by atoms with Gasteiger partial charge in [-0.25, -0.2) is 8.42 Å². The minimum absolute atomic E-state index is 0.160. The van der Waals surface area contributed by atoms with E-state index in [0.717, 1.165) is 10.1 Å². The Labute approximate surface area is 192 Å². The average molecular weight is 494 g/mol. The highest BCUT2D eigenvalue weighted by atomic mass is 32.2. The lowest BCUT2D eigenvalue weighted by Gasteiger charge is -2.16. The van der Waals surface area contributed by atoms with Crippen molar-refractivity contribution >= 4 is 61.3 Å². The Morgan fingerprint density at radius 1 is 1.23 bits per heavy atom. The number of anilines is 1. The molecule has 162 valence electrons. The number of rotatable bonds is 7. The Hall–Kier alpha value is -2.28. The van der Waals surface area contributed by atoms with Crippen LogP contribution in [0, 0.1) is 5.92 Å². The van der Waals surface area contributed by atoms with Gasteiger partial charge in [-0.3, -0.25) is 19.8 Å². The van der Waals surface area contributed by atoms with E-state index in [1.54, 1.807) is 41.3 Å². The van der Waals surface area contributed by atoms with Crippen LogP contribution in [0.25, 0.3) is 0 Å². The summed E-state index contributed by atoms with van der Waals surface area (Å²) in [5.41, 5.74) is 0.462. The van der Waals surface area contributed by atoms with Crippen molar-refractivity contribution in [3.05, 3.63) is 52.2 Å². The molecule has 1 aliphatic heterocycles. The Bertz CT molecular complexity index is 1220. The van der Waals surface area contributed by atoms with Gasteiger partial charge in [0.25, 0.3) is 15.9 Å². The van der Waals surface area contributed by atoms with E-state index >= 15 is 0 Å². The number of aliphatic imine (C=N–C) groups is 1. The van der Waals surface area contributed by atoms with Crippen molar-refractivity contribution in [3.63, 3.8) is 0 Å². The van der Waals surface area contributed by atoms with Crippen molar-refractivity contribution in [3.8, 4) is 0 Å². The van der Waals surface area contributed by atoms with Crippen molar-refractivity contribution in [1.82, 2.24) is 14.9 Å². The predicted molar refractivity (Wildman–Crippen MR) is 124 cm³/mol. The highest BCUT2D eigenvalue weighted by Crippen LogP contribution is 2.30. The smallest absolute Gasteiger partial charge is 0.263 e. The van der Waals surface area contributed by atoms with Gasteiger partial charge in [0.2, 0.25) is 5.13 Å². The highest BCUT2D eigenvalue weighted by Gasteiger charge is 2.32. The molecule has 0 saturated heterocycles. The number of sulfonamides is 1. The third kappa shape index (κ3) is 4.97. The van der Waals surface area contributed by atoms with Crippen molar-refractivity contribution in [2.45, 2.75) is 34.9 Å². The molecule has 1 amide bonds. The molecule has 31 heavy (non-hydrogen) atoms. The molecular weight excluding hydrogens is 475 g/mol. The molecule has 0 unspecified atom stereocenters. The summed E-state index contributed by atoms with van der Waals surface area (Å²) in [6, 6.07) is 9.83. The lowest BCUT2D eigenvalue weighted by molar-refractivity contribution is -0.118. The van der Waals surface area contributed by atoms with Crippen molar-refractivity contribution in [2.24, 2.45) is 10.9 Å². The first-order valence-corrected chi connectivity index (χ1v) is 13.5. The molecular formula is C19H19N5O3S4. The van der Waals surface area contributed by atoms with E-state index in [1.165, 1.54) is 22.3 Å². The number of hydrogen-bond acceptors (Lipinski definition) is 9. The minimum Gasteiger partial charge on any atom is -0.299 e. The zero-order valence-corrected chi connectivity index (χ0v) is 19.9. The standard InChI is InChI=1S/C19H19N5O3S4/c1-11(2)15(20-16-13-7-3-4-8-14(13)31(26,27)24-16)17(25)21-18-22-23-19(30-18)29-10-12-6-5-9-28-12/h3-9,11,15H,10H2,1-2H3,(H,20,24)(H,21,22,25)/t15-/m0/s1. The van der Waals surface area contributed by atoms with Gasteiger partial charge in [0, 0.05) is 16.2 Å². The number of fused-ring (bicyclic) bond motifs is 1. The van der Waals surface area contributed by atoms with Gasteiger partial charge in [-0.15, -0.1) is 21.5 Å². The number of thiophene rings is 1. The third-order valence-corrected chi connectivity index (χ3v) is 8.86. The first kappa shape index (κ1) is 21.9. The van der Waals surface area contributed by atoms with Gasteiger partial charge in [-0.05, 0) is 29.5 Å². The number of benzene rings is 1. The van der Waals surface area contributed by atoms with Gasteiger partial charge >= 0.3 is 0 Å². The molecule has 8 nitrogen and oxygen atoms in total. The SMILES string of the molecule is CC(C)[C@H](N=C1NS(=O)(=O)c2ccccc21)C(=O)Nc1nnc(SCc2cccs2)s1. The summed E-state index contributed by atoms with van der Waals surface area (Å²) in [5.74, 6) is 0.443. The number of carbonyl (C=O) groups is 1. The summed E-state index contributed by atoms with van der Waals surface area (Å²) in [4.78, 5) is 18.8. The summed E-state index contributed by atoms with van der Waals surface area (Å²) < 4.78 is 27.8. The minimum atomic E-state index is -3.67. The normalized spacial score (nSPS) is 16.8. The number of nitrogens with one attached hydrogen (secondary N) is 2. The number of hydrogen-bond donors (Lipinski definition) is 2.